The topological polar surface area (TPSA) is 127 Å². The largest absolute Gasteiger partial charge is 0.481 e. The molecule has 0 heterocycles. The maximum atomic E-state index is 11.6. The van der Waals surface area contributed by atoms with E-state index in [2.05, 4.69) is 0 Å². The molecule has 0 saturated heterocycles. The zero-order valence-electron chi connectivity index (χ0n) is 11.1. The van der Waals surface area contributed by atoms with Crippen LogP contribution >= 0.6 is 0 Å². The predicted octanol–water partition coefficient (Wildman–Crippen LogP) is 0.787. The molecule has 0 aromatic heterocycles. The standard InChI is InChI=1S/C12H24N2O4/c1-3-8(13)12(11(17)18,9(14)4-2)7-5-6-10(15)16/h8-9H,3-7,13-14H2,1-2H3,(H,15,16)(H,17,18). The van der Waals surface area contributed by atoms with E-state index in [1.807, 2.05) is 13.8 Å². The Balaban J connectivity index is 5.08. The van der Waals surface area contributed by atoms with E-state index in [0.29, 0.717) is 12.8 Å². The van der Waals surface area contributed by atoms with Gasteiger partial charge < -0.3 is 21.7 Å². The molecule has 0 spiro atoms. The zero-order valence-corrected chi connectivity index (χ0v) is 11.1. The van der Waals surface area contributed by atoms with Crippen molar-refractivity contribution in [3.05, 3.63) is 0 Å². The lowest BCUT2D eigenvalue weighted by molar-refractivity contribution is -0.153. The molecule has 0 aliphatic heterocycles. The van der Waals surface area contributed by atoms with Gasteiger partial charge in [-0.25, -0.2) is 0 Å². The number of carbonyl (C=O) groups is 2. The summed E-state index contributed by atoms with van der Waals surface area (Å²) in [6.07, 6.45) is 1.38. The van der Waals surface area contributed by atoms with Crippen LogP contribution in [0.15, 0.2) is 0 Å². The number of hydrogen-bond acceptors (Lipinski definition) is 4. The maximum absolute atomic E-state index is 11.6. The number of carboxylic acid groups (broad SMARTS) is 2. The minimum Gasteiger partial charge on any atom is -0.481 e. The van der Waals surface area contributed by atoms with E-state index >= 15 is 0 Å². The highest BCUT2D eigenvalue weighted by Gasteiger charge is 2.47. The van der Waals surface area contributed by atoms with Crippen molar-refractivity contribution in [2.24, 2.45) is 16.9 Å². The average Bonchev–Trinajstić information content (AvgIpc) is 2.32. The maximum Gasteiger partial charge on any atom is 0.312 e. The van der Waals surface area contributed by atoms with Crippen molar-refractivity contribution < 1.29 is 19.8 Å². The van der Waals surface area contributed by atoms with Gasteiger partial charge in [-0.15, -0.1) is 0 Å². The third-order valence-electron chi connectivity index (χ3n) is 3.58. The Morgan fingerprint density at radius 3 is 1.83 bits per heavy atom. The summed E-state index contributed by atoms with van der Waals surface area (Å²) in [5.41, 5.74) is 10.6. The van der Waals surface area contributed by atoms with Gasteiger partial charge in [0.05, 0.1) is 5.41 Å². The van der Waals surface area contributed by atoms with Crippen molar-refractivity contribution in [3.8, 4) is 0 Å². The van der Waals surface area contributed by atoms with Crippen LogP contribution < -0.4 is 11.5 Å². The SMILES string of the molecule is CCC(N)C(CCCC(=O)O)(C(=O)O)C(N)CC. The lowest BCUT2D eigenvalue weighted by Crippen LogP contribution is -2.58. The average molecular weight is 260 g/mol. The molecule has 0 amide bonds. The van der Waals surface area contributed by atoms with Crippen LogP contribution in [-0.2, 0) is 9.59 Å². The molecule has 6 N–H and O–H groups in total. The molecule has 2 unspecified atom stereocenters. The molecule has 0 aromatic rings. The molecule has 6 nitrogen and oxygen atoms in total. The smallest absolute Gasteiger partial charge is 0.312 e. The van der Waals surface area contributed by atoms with E-state index in [0.717, 1.165) is 0 Å². The predicted molar refractivity (Wildman–Crippen MR) is 68.1 cm³/mol. The van der Waals surface area contributed by atoms with Gasteiger partial charge in [-0.1, -0.05) is 13.8 Å². The van der Waals surface area contributed by atoms with Crippen molar-refractivity contribution in [3.63, 3.8) is 0 Å². The van der Waals surface area contributed by atoms with Crippen molar-refractivity contribution in [2.75, 3.05) is 0 Å². The first kappa shape index (κ1) is 16.9. The second kappa shape index (κ2) is 7.33. The first-order chi connectivity index (χ1) is 8.32. The van der Waals surface area contributed by atoms with E-state index in [9.17, 15) is 14.7 Å². The van der Waals surface area contributed by atoms with E-state index in [1.54, 1.807) is 0 Å². The molecule has 0 fully saturated rings. The van der Waals surface area contributed by atoms with Crippen molar-refractivity contribution in [1.29, 1.82) is 0 Å². The first-order valence-corrected chi connectivity index (χ1v) is 6.29. The summed E-state index contributed by atoms with van der Waals surface area (Å²) in [6, 6.07) is -1.14. The van der Waals surface area contributed by atoms with Gasteiger partial charge in [0, 0.05) is 18.5 Å². The van der Waals surface area contributed by atoms with Gasteiger partial charge in [0.25, 0.3) is 0 Å². The summed E-state index contributed by atoms with van der Waals surface area (Å²) >= 11 is 0. The summed E-state index contributed by atoms with van der Waals surface area (Å²) in [5, 5.41) is 18.1. The van der Waals surface area contributed by atoms with Crippen LogP contribution in [0.2, 0.25) is 0 Å². The lowest BCUT2D eigenvalue weighted by Gasteiger charge is -2.39. The highest BCUT2D eigenvalue weighted by atomic mass is 16.4. The number of carboxylic acids is 2. The molecule has 0 saturated carbocycles. The highest BCUT2D eigenvalue weighted by Crippen LogP contribution is 2.34. The summed E-state index contributed by atoms with van der Waals surface area (Å²) < 4.78 is 0. The van der Waals surface area contributed by atoms with Crippen LogP contribution in [0.25, 0.3) is 0 Å². The van der Waals surface area contributed by atoms with Crippen LogP contribution in [0.4, 0.5) is 0 Å². The number of nitrogens with two attached hydrogens (primary N) is 2. The van der Waals surface area contributed by atoms with Crippen molar-refractivity contribution in [2.45, 2.75) is 58.0 Å². The Morgan fingerprint density at radius 1 is 1.11 bits per heavy atom. The van der Waals surface area contributed by atoms with Gasteiger partial charge in [0.1, 0.15) is 0 Å². The molecule has 0 rings (SSSR count). The monoisotopic (exact) mass is 260 g/mol. The number of hydrogen-bond donors (Lipinski definition) is 4. The van der Waals surface area contributed by atoms with Gasteiger partial charge in [0.2, 0.25) is 0 Å². The van der Waals surface area contributed by atoms with Gasteiger partial charge in [0.15, 0.2) is 0 Å². The molecule has 0 bridgehead atoms. The first-order valence-electron chi connectivity index (χ1n) is 6.29. The summed E-state index contributed by atoms with van der Waals surface area (Å²) in [5.74, 6) is -1.97. The Kier molecular flexibility index (Phi) is 6.86. The molecule has 0 aliphatic rings. The Hall–Kier alpha value is -1.14. The molecular formula is C12H24N2O4. The van der Waals surface area contributed by atoms with Crippen LogP contribution in [0.1, 0.15) is 46.0 Å². The van der Waals surface area contributed by atoms with E-state index in [1.165, 1.54) is 0 Å². The van der Waals surface area contributed by atoms with E-state index in [4.69, 9.17) is 16.6 Å². The molecule has 106 valence electrons. The van der Waals surface area contributed by atoms with Crippen LogP contribution in [-0.4, -0.2) is 34.2 Å². The third-order valence-corrected chi connectivity index (χ3v) is 3.58. The fourth-order valence-electron chi connectivity index (χ4n) is 2.33. The normalized spacial score (nSPS) is 17.8. The second-order valence-electron chi connectivity index (χ2n) is 4.62. The molecule has 0 radical (unpaired) electrons. The van der Waals surface area contributed by atoms with Gasteiger partial charge >= 0.3 is 11.9 Å². The van der Waals surface area contributed by atoms with Gasteiger partial charge in [-0.3, -0.25) is 9.59 Å². The highest BCUT2D eigenvalue weighted by molar-refractivity contribution is 5.77. The second-order valence-corrected chi connectivity index (χ2v) is 4.62. The van der Waals surface area contributed by atoms with E-state index < -0.39 is 29.4 Å². The quantitative estimate of drug-likeness (QED) is 0.485. The minimum atomic E-state index is -1.24. The van der Waals surface area contributed by atoms with Gasteiger partial charge in [-0.2, -0.15) is 0 Å². The van der Waals surface area contributed by atoms with E-state index in [-0.39, 0.29) is 19.3 Å². The molecule has 0 aliphatic carbocycles. The number of rotatable bonds is 9. The molecule has 18 heavy (non-hydrogen) atoms. The molecule has 2 atom stereocenters. The lowest BCUT2D eigenvalue weighted by atomic mass is 9.69. The van der Waals surface area contributed by atoms with Crippen molar-refractivity contribution >= 4 is 11.9 Å². The molecule has 0 aromatic carbocycles. The Labute approximate surface area is 107 Å². The Morgan fingerprint density at radius 2 is 1.56 bits per heavy atom. The fraction of sp³-hybridized carbons (Fsp3) is 0.833. The van der Waals surface area contributed by atoms with Gasteiger partial charge in [-0.05, 0) is 25.7 Å². The summed E-state index contributed by atoms with van der Waals surface area (Å²) in [7, 11) is 0. The fourth-order valence-corrected chi connectivity index (χ4v) is 2.33. The Bertz CT molecular complexity index is 284. The van der Waals surface area contributed by atoms with Crippen LogP contribution in [0, 0.1) is 5.41 Å². The van der Waals surface area contributed by atoms with Crippen molar-refractivity contribution in [1.82, 2.24) is 0 Å². The molecule has 6 heteroatoms. The minimum absolute atomic E-state index is 0.0676. The van der Waals surface area contributed by atoms with Crippen LogP contribution in [0.5, 0.6) is 0 Å². The third kappa shape index (κ3) is 3.68. The molecular weight excluding hydrogens is 236 g/mol. The zero-order chi connectivity index (χ0) is 14.3. The number of aliphatic carboxylic acids is 2. The summed E-state index contributed by atoms with van der Waals surface area (Å²) in [6.45, 7) is 3.61. The summed E-state index contributed by atoms with van der Waals surface area (Å²) in [4.78, 5) is 22.1. The van der Waals surface area contributed by atoms with Crippen LogP contribution in [0.3, 0.4) is 0 Å².